The molecule has 0 heterocycles. The summed E-state index contributed by atoms with van der Waals surface area (Å²) in [6.07, 6.45) is 64.2. The zero-order chi connectivity index (χ0) is 45.7. The SMILES string of the molecule is CC/C=C\C/C=C\C/C=C\C/C=C\C/C=C\C/C=C\C/C=C\C/C=C\C/C=C\CCCCCCCC(=O)NC(COP(=O)([O-])OCC[N+](C)(C)C)C(O)/C=C/CCCCCCC. The Morgan fingerprint density at radius 3 is 1.44 bits per heavy atom. The van der Waals surface area contributed by atoms with E-state index in [-0.39, 0.29) is 12.5 Å². The van der Waals surface area contributed by atoms with Gasteiger partial charge in [-0.2, -0.15) is 0 Å². The quantitative estimate of drug-likeness (QED) is 0.0274. The molecule has 9 heteroatoms. The van der Waals surface area contributed by atoms with Gasteiger partial charge in [0.05, 0.1) is 39.9 Å². The fourth-order valence-electron chi connectivity index (χ4n) is 5.91. The molecule has 0 aliphatic carbocycles. The van der Waals surface area contributed by atoms with Gasteiger partial charge >= 0.3 is 0 Å². The zero-order valence-corrected chi connectivity index (χ0v) is 40.7. The molecular formula is C53H89N2O6P. The number of unbranched alkanes of at least 4 members (excludes halogenated alkanes) is 10. The van der Waals surface area contributed by atoms with E-state index < -0.39 is 26.6 Å². The highest BCUT2D eigenvalue weighted by Gasteiger charge is 2.23. The topological polar surface area (TPSA) is 108 Å². The van der Waals surface area contributed by atoms with Gasteiger partial charge in [-0.25, -0.2) is 0 Å². The molecule has 0 bridgehead atoms. The van der Waals surface area contributed by atoms with Crippen LogP contribution >= 0.6 is 7.82 Å². The maximum Gasteiger partial charge on any atom is 0.268 e. The van der Waals surface area contributed by atoms with Crippen LogP contribution in [0.25, 0.3) is 0 Å². The molecule has 0 radical (unpaired) electrons. The second-order valence-corrected chi connectivity index (χ2v) is 18.1. The number of carbonyl (C=O) groups excluding carboxylic acids is 1. The van der Waals surface area contributed by atoms with Crippen LogP contribution in [-0.2, 0) is 18.4 Å². The van der Waals surface area contributed by atoms with E-state index in [4.69, 9.17) is 9.05 Å². The van der Waals surface area contributed by atoms with E-state index in [0.717, 1.165) is 116 Å². The van der Waals surface area contributed by atoms with Gasteiger partial charge in [0.25, 0.3) is 7.82 Å². The van der Waals surface area contributed by atoms with Crippen LogP contribution in [0, 0.1) is 0 Å². The van der Waals surface area contributed by atoms with E-state index in [1.54, 1.807) is 6.08 Å². The molecule has 0 fully saturated rings. The Morgan fingerprint density at radius 1 is 0.581 bits per heavy atom. The summed E-state index contributed by atoms with van der Waals surface area (Å²) in [5.74, 6) is -0.228. The molecule has 62 heavy (non-hydrogen) atoms. The number of allylic oxidation sites excluding steroid dienone is 19. The Bertz CT molecular complexity index is 1410. The highest BCUT2D eigenvalue weighted by Crippen LogP contribution is 2.38. The highest BCUT2D eigenvalue weighted by molar-refractivity contribution is 7.45. The Balaban J connectivity index is 4.17. The molecular weight excluding hydrogens is 792 g/mol. The lowest BCUT2D eigenvalue weighted by Crippen LogP contribution is -2.45. The second-order valence-electron chi connectivity index (χ2n) is 16.7. The van der Waals surface area contributed by atoms with Crippen LogP contribution in [0.4, 0.5) is 0 Å². The Kier molecular flexibility index (Phi) is 41.0. The first-order valence-electron chi connectivity index (χ1n) is 23.9. The van der Waals surface area contributed by atoms with Crippen molar-refractivity contribution in [3.8, 4) is 0 Å². The lowest BCUT2D eigenvalue weighted by atomic mass is 10.1. The number of phosphoric ester groups is 1. The van der Waals surface area contributed by atoms with Crippen molar-refractivity contribution in [1.82, 2.24) is 5.32 Å². The molecule has 3 atom stereocenters. The van der Waals surface area contributed by atoms with Gasteiger partial charge in [-0.1, -0.05) is 180 Å². The van der Waals surface area contributed by atoms with Gasteiger partial charge in [0.15, 0.2) is 0 Å². The van der Waals surface area contributed by atoms with Crippen molar-refractivity contribution in [3.63, 3.8) is 0 Å². The molecule has 0 saturated carbocycles. The number of amides is 1. The lowest BCUT2D eigenvalue weighted by molar-refractivity contribution is -0.870. The van der Waals surface area contributed by atoms with E-state index in [9.17, 15) is 19.4 Å². The van der Waals surface area contributed by atoms with Gasteiger partial charge in [-0.15, -0.1) is 0 Å². The number of nitrogens with zero attached hydrogens (tertiary/aromatic N) is 1. The third-order valence-corrected chi connectivity index (χ3v) is 10.6. The van der Waals surface area contributed by atoms with E-state index in [1.165, 1.54) is 19.3 Å². The average Bonchev–Trinajstić information content (AvgIpc) is 3.23. The summed E-state index contributed by atoms with van der Waals surface area (Å²) < 4.78 is 23.1. The summed E-state index contributed by atoms with van der Waals surface area (Å²) in [6.45, 7) is 4.41. The molecule has 0 aromatic carbocycles. The molecule has 0 aliphatic heterocycles. The van der Waals surface area contributed by atoms with Crippen LogP contribution in [0.15, 0.2) is 122 Å². The molecule has 0 aromatic heterocycles. The summed E-state index contributed by atoms with van der Waals surface area (Å²) in [7, 11) is 1.22. The lowest BCUT2D eigenvalue weighted by Gasteiger charge is -2.29. The maximum atomic E-state index is 12.8. The Labute approximate surface area is 380 Å². The standard InChI is InChI=1S/C53H89N2O6P/c1-6-8-10-12-14-15-16-17-18-19-20-21-22-23-24-25-26-27-28-29-30-31-32-33-34-35-36-37-38-39-41-43-45-47-53(57)54-51(52(56)46-44-42-40-13-11-9-7-2)50-61-62(58,59)60-49-48-55(3,4)5/h8,10,14-15,17-18,20-21,23-24,26-27,29-30,32-33,35-36,44,46,51-52,56H,6-7,9,11-13,16,19,22,25,28,31,34,37-43,45,47-50H2,1-5H3,(H-,54,57,58,59)/b10-8-,15-14-,18-17-,21-20-,24-23-,27-26-,30-29-,33-32-,36-35-,46-44+. The zero-order valence-electron chi connectivity index (χ0n) is 39.8. The Morgan fingerprint density at radius 2 is 0.984 bits per heavy atom. The first-order valence-corrected chi connectivity index (χ1v) is 25.4. The number of hydrogen-bond acceptors (Lipinski definition) is 6. The summed E-state index contributed by atoms with van der Waals surface area (Å²) in [4.78, 5) is 25.2. The van der Waals surface area contributed by atoms with Crippen LogP contribution in [0.2, 0.25) is 0 Å². The van der Waals surface area contributed by atoms with Gasteiger partial charge in [0, 0.05) is 6.42 Å². The minimum absolute atomic E-state index is 0.0127. The summed E-state index contributed by atoms with van der Waals surface area (Å²) in [5, 5.41) is 13.6. The molecule has 1 amide bonds. The van der Waals surface area contributed by atoms with Gasteiger partial charge < -0.3 is 28.8 Å². The van der Waals surface area contributed by atoms with Crippen molar-refractivity contribution in [2.75, 3.05) is 40.9 Å². The molecule has 0 spiro atoms. The molecule has 352 valence electrons. The third kappa shape index (κ3) is 44.9. The van der Waals surface area contributed by atoms with Crippen LogP contribution in [-0.4, -0.2) is 68.5 Å². The van der Waals surface area contributed by atoms with Crippen molar-refractivity contribution in [2.24, 2.45) is 0 Å². The fourth-order valence-corrected chi connectivity index (χ4v) is 6.63. The minimum atomic E-state index is -4.59. The summed E-state index contributed by atoms with van der Waals surface area (Å²) in [5.41, 5.74) is 0. The van der Waals surface area contributed by atoms with Crippen LogP contribution in [0.3, 0.4) is 0 Å². The van der Waals surface area contributed by atoms with Crippen molar-refractivity contribution >= 4 is 13.7 Å². The molecule has 8 nitrogen and oxygen atoms in total. The van der Waals surface area contributed by atoms with Gasteiger partial charge in [0.2, 0.25) is 5.91 Å². The van der Waals surface area contributed by atoms with E-state index in [1.807, 2.05) is 27.2 Å². The summed E-state index contributed by atoms with van der Waals surface area (Å²) >= 11 is 0. The molecule has 0 aliphatic rings. The number of aliphatic hydroxyl groups excluding tert-OH is 1. The van der Waals surface area contributed by atoms with Crippen LogP contribution < -0.4 is 10.2 Å². The first-order chi connectivity index (χ1) is 30.0. The van der Waals surface area contributed by atoms with Gasteiger partial charge in [-0.05, 0) is 89.9 Å². The van der Waals surface area contributed by atoms with Crippen molar-refractivity contribution in [3.05, 3.63) is 122 Å². The van der Waals surface area contributed by atoms with Crippen LogP contribution in [0.5, 0.6) is 0 Å². The number of nitrogens with one attached hydrogen (secondary N) is 1. The monoisotopic (exact) mass is 881 g/mol. The largest absolute Gasteiger partial charge is 0.756 e. The Hall–Kier alpha value is -3.10. The molecule has 0 aromatic rings. The van der Waals surface area contributed by atoms with E-state index in [2.05, 4.69) is 129 Å². The second kappa shape index (κ2) is 43.2. The van der Waals surface area contributed by atoms with Crippen molar-refractivity contribution in [2.45, 2.75) is 167 Å². The number of hydrogen-bond donors (Lipinski definition) is 2. The number of carbonyl (C=O) groups is 1. The minimum Gasteiger partial charge on any atom is -0.756 e. The van der Waals surface area contributed by atoms with Crippen molar-refractivity contribution in [1.29, 1.82) is 0 Å². The average molecular weight is 881 g/mol. The van der Waals surface area contributed by atoms with E-state index in [0.29, 0.717) is 17.4 Å². The smallest absolute Gasteiger partial charge is 0.268 e. The predicted molar refractivity (Wildman–Crippen MR) is 265 cm³/mol. The predicted octanol–water partition coefficient (Wildman–Crippen LogP) is 13.2. The number of quaternary nitrogens is 1. The molecule has 0 rings (SSSR count). The van der Waals surface area contributed by atoms with Gasteiger partial charge in [0.1, 0.15) is 13.2 Å². The maximum absolute atomic E-state index is 12.8. The number of aliphatic hydroxyl groups is 1. The van der Waals surface area contributed by atoms with Gasteiger partial charge in [-0.3, -0.25) is 9.36 Å². The van der Waals surface area contributed by atoms with Crippen LogP contribution in [0.1, 0.15) is 155 Å². The fraction of sp³-hybridized carbons (Fsp3) is 0.604. The van der Waals surface area contributed by atoms with Crippen molar-refractivity contribution < 1.29 is 32.9 Å². The normalized spacial score (nSPS) is 15.3. The number of rotatable bonds is 41. The first kappa shape index (κ1) is 58.9. The number of likely N-dealkylation sites (N-methyl/N-ethyl adjacent to an activating group) is 1. The van der Waals surface area contributed by atoms with E-state index >= 15 is 0 Å². The highest BCUT2D eigenvalue weighted by atomic mass is 31.2. The summed E-state index contributed by atoms with van der Waals surface area (Å²) in [6, 6.07) is -0.903. The third-order valence-electron chi connectivity index (χ3n) is 9.68. The molecule has 2 N–H and O–H groups in total. The molecule has 3 unspecified atom stereocenters. The molecule has 0 saturated heterocycles. The number of phosphoric acid groups is 1.